The van der Waals surface area contributed by atoms with E-state index in [2.05, 4.69) is 4.90 Å². The van der Waals surface area contributed by atoms with Crippen molar-refractivity contribution in [2.75, 3.05) is 36.8 Å². The number of likely N-dealkylation sites (tertiary alicyclic amines) is 1. The highest BCUT2D eigenvalue weighted by atomic mass is 16.6. The molecular weight excluding hydrogens is 306 g/mol. The van der Waals surface area contributed by atoms with Gasteiger partial charge in [-0.3, -0.25) is 0 Å². The Kier molecular flexibility index (Phi) is 4.01. The zero-order valence-corrected chi connectivity index (χ0v) is 14.7. The van der Waals surface area contributed by atoms with Crippen LogP contribution in [0.1, 0.15) is 33.6 Å². The Morgan fingerprint density at radius 1 is 1.25 bits per heavy atom. The van der Waals surface area contributed by atoms with Crippen LogP contribution in [-0.4, -0.2) is 47.9 Å². The summed E-state index contributed by atoms with van der Waals surface area (Å²) in [6, 6.07) is 5.41. The highest BCUT2D eigenvalue weighted by molar-refractivity contribution is 5.69. The normalized spacial score (nSPS) is 20.0. The molecule has 1 aromatic carbocycles. The van der Waals surface area contributed by atoms with Crippen LogP contribution in [0.25, 0.3) is 0 Å². The first kappa shape index (κ1) is 16.7. The number of hydrogen-bond donors (Lipinski definition) is 2. The molecule has 0 unspecified atom stereocenters. The summed E-state index contributed by atoms with van der Waals surface area (Å²) in [6.07, 6.45) is 1.87. The standard InChI is InChI=1S/C18H27N3O3/c1-17(2,3)24-16(23)21-11-18(12-21)6-8-20(9-7-18)13-4-5-14(19)15(22)10-13/h4-5,10,22H,6-9,11-12,19H2,1-3H3. The van der Waals surface area contributed by atoms with Gasteiger partial charge in [-0.05, 0) is 45.7 Å². The quantitative estimate of drug-likeness (QED) is 0.610. The number of nitrogens with zero attached hydrogens (tertiary/aromatic N) is 2. The van der Waals surface area contributed by atoms with Gasteiger partial charge in [0.1, 0.15) is 11.4 Å². The molecule has 0 radical (unpaired) electrons. The van der Waals surface area contributed by atoms with E-state index in [0.29, 0.717) is 5.69 Å². The lowest BCUT2D eigenvalue weighted by Gasteiger charge is -2.54. The molecule has 0 aromatic heterocycles. The highest BCUT2D eigenvalue weighted by Crippen LogP contribution is 2.42. The van der Waals surface area contributed by atoms with Gasteiger partial charge in [-0.1, -0.05) is 0 Å². The molecule has 2 aliphatic heterocycles. The minimum Gasteiger partial charge on any atom is -0.506 e. The van der Waals surface area contributed by atoms with Crippen molar-refractivity contribution in [1.29, 1.82) is 0 Å². The molecule has 3 N–H and O–H groups in total. The van der Waals surface area contributed by atoms with E-state index < -0.39 is 5.60 Å². The molecule has 6 heteroatoms. The predicted octanol–water partition coefficient (Wildman–Crippen LogP) is 2.81. The number of carbonyl (C=O) groups excluding carboxylic acids is 1. The second-order valence-electron chi connectivity index (χ2n) is 8.07. The number of piperidine rings is 1. The van der Waals surface area contributed by atoms with Crippen molar-refractivity contribution in [3.8, 4) is 5.75 Å². The molecule has 24 heavy (non-hydrogen) atoms. The molecule has 0 atom stereocenters. The molecule has 0 bridgehead atoms. The molecule has 3 rings (SSSR count). The number of amides is 1. The third-order valence-electron chi connectivity index (χ3n) is 4.91. The van der Waals surface area contributed by atoms with Crippen LogP contribution in [0.5, 0.6) is 5.75 Å². The van der Waals surface area contributed by atoms with Crippen LogP contribution in [0.2, 0.25) is 0 Å². The molecule has 6 nitrogen and oxygen atoms in total. The van der Waals surface area contributed by atoms with E-state index in [-0.39, 0.29) is 17.3 Å². The van der Waals surface area contributed by atoms with Gasteiger partial charge in [0, 0.05) is 43.3 Å². The Hall–Kier alpha value is -2.11. The van der Waals surface area contributed by atoms with E-state index in [9.17, 15) is 9.90 Å². The topological polar surface area (TPSA) is 79.0 Å². The number of carbonyl (C=O) groups is 1. The van der Waals surface area contributed by atoms with Crippen molar-refractivity contribution in [2.24, 2.45) is 5.41 Å². The van der Waals surface area contributed by atoms with Crippen LogP contribution in [0.4, 0.5) is 16.2 Å². The molecule has 1 amide bonds. The second-order valence-corrected chi connectivity index (χ2v) is 8.07. The average Bonchev–Trinajstić information content (AvgIpc) is 2.46. The Bertz CT molecular complexity index is 623. The monoisotopic (exact) mass is 333 g/mol. The van der Waals surface area contributed by atoms with Crippen LogP contribution in [0.3, 0.4) is 0 Å². The number of nitrogens with two attached hydrogens (primary N) is 1. The van der Waals surface area contributed by atoms with Crippen molar-refractivity contribution < 1.29 is 14.6 Å². The maximum Gasteiger partial charge on any atom is 0.410 e. The third kappa shape index (κ3) is 3.37. The molecule has 2 aliphatic rings. The highest BCUT2D eigenvalue weighted by Gasteiger charge is 2.47. The minimum absolute atomic E-state index is 0.132. The molecule has 2 saturated heterocycles. The van der Waals surface area contributed by atoms with Crippen LogP contribution < -0.4 is 10.6 Å². The largest absolute Gasteiger partial charge is 0.506 e. The number of aromatic hydroxyl groups is 1. The summed E-state index contributed by atoms with van der Waals surface area (Å²) in [5.74, 6) is 0.132. The summed E-state index contributed by atoms with van der Waals surface area (Å²) < 4.78 is 5.43. The lowest BCUT2D eigenvalue weighted by Crippen LogP contribution is -2.62. The van der Waals surface area contributed by atoms with Gasteiger partial charge >= 0.3 is 6.09 Å². The van der Waals surface area contributed by atoms with Gasteiger partial charge in [0.2, 0.25) is 0 Å². The van der Waals surface area contributed by atoms with E-state index in [1.807, 2.05) is 26.8 Å². The van der Waals surface area contributed by atoms with Gasteiger partial charge in [0.25, 0.3) is 0 Å². The Morgan fingerprint density at radius 2 is 1.88 bits per heavy atom. The number of ether oxygens (including phenoxy) is 1. The van der Waals surface area contributed by atoms with Gasteiger partial charge in [-0.15, -0.1) is 0 Å². The fourth-order valence-electron chi connectivity index (χ4n) is 3.50. The first-order chi connectivity index (χ1) is 11.2. The molecule has 0 saturated carbocycles. The first-order valence-corrected chi connectivity index (χ1v) is 8.49. The minimum atomic E-state index is -0.444. The van der Waals surface area contributed by atoms with Gasteiger partial charge in [-0.2, -0.15) is 0 Å². The number of anilines is 2. The van der Waals surface area contributed by atoms with E-state index in [1.165, 1.54) is 0 Å². The lowest BCUT2D eigenvalue weighted by molar-refractivity contribution is -0.0434. The summed E-state index contributed by atoms with van der Waals surface area (Å²) in [7, 11) is 0. The summed E-state index contributed by atoms with van der Waals surface area (Å²) in [5, 5.41) is 9.77. The summed E-state index contributed by atoms with van der Waals surface area (Å²) in [6.45, 7) is 9.07. The van der Waals surface area contributed by atoms with Crippen molar-refractivity contribution in [3.05, 3.63) is 18.2 Å². The number of benzene rings is 1. The number of hydrogen-bond acceptors (Lipinski definition) is 5. The smallest absolute Gasteiger partial charge is 0.410 e. The molecule has 132 valence electrons. The fraction of sp³-hybridized carbons (Fsp3) is 0.611. The maximum atomic E-state index is 12.1. The van der Waals surface area contributed by atoms with Gasteiger partial charge in [-0.25, -0.2) is 4.79 Å². The second kappa shape index (κ2) is 5.76. The third-order valence-corrected chi connectivity index (χ3v) is 4.91. The van der Waals surface area contributed by atoms with E-state index >= 15 is 0 Å². The lowest BCUT2D eigenvalue weighted by atomic mass is 9.72. The molecule has 0 aliphatic carbocycles. The van der Waals surface area contributed by atoms with Crippen molar-refractivity contribution >= 4 is 17.5 Å². The molecule has 1 spiro atoms. The number of rotatable bonds is 1. The van der Waals surface area contributed by atoms with Crippen molar-refractivity contribution in [1.82, 2.24) is 4.90 Å². The Morgan fingerprint density at radius 3 is 2.42 bits per heavy atom. The zero-order chi connectivity index (χ0) is 17.5. The average molecular weight is 333 g/mol. The zero-order valence-electron chi connectivity index (χ0n) is 14.7. The fourth-order valence-corrected chi connectivity index (χ4v) is 3.50. The number of nitrogen functional groups attached to an aromatic ring is 1. The summed E-state index contributed by atoms with van der Waals surface area (Å²) in [5.41, 5.74) is 6.84. The van der Waals surface area contributed by atoms with Crippen LogP contribution in [0, 0.1) is 5.41 Å². The maximum absolute atomic E-state index is 12.1. The van der Waals surface area contributed by atoms with Crippen molar-refractivity contribution in [2.45, 2.75) is 39.2 Å². The SMILES string of the molecule is CC(C)(C)OC(=O)N1CC2(CCN(c3ccc(N)c(O)c3)CC2)C1. The van der Waals surface area contributed by atoms with Crippen LogP contribution in [0.15, 0.2) is 18.2 Å². The van der Waals surface area contributed by atoms with Crippen LogP contribution in [-0.2, 0) is 4.74 Å². The number of phenols is 1. The predicted molar refractivity (Wildman–Crippen MR) is 94.2 cm³/mol. The number of phenolic OH excluding ortho intramolecular Hbond substituents is 1. The van der Waals surface area contributed by atoms with Crippen molar-refractivity contribution in [3.63, 3.8) is 0 Å². The van der Waals surface area contributed by atoms with Gasteiger partial charge in [0.15, 0.2) is 0 Å². The molecule has 1 aromatic rings. The Labute approximate surface area is 143 Å². The van der Waals surface area contributed by atoms with Gasteiger partial charge in [0.05, 0.1) is 5.69 Å². The molecule has 2 heterocycles. The van der Waals surface area contributed by atoms with E-state index in [4.69, 9.17) is 10.5 Å². The van der Waals surface area contributed by atoms with E-state index in [0.717, 1.165) is 44.7 Å². The summed E-state index contributed by atoms with van der Waals surface area (Å²) >= 11 is 0. The van der Waals surface area contributed by atoms with Crippen LogP contribution >= 0.6 is 0 Å². The first-order valence-electron chi connectivity index (χ1n) is 8.49. The molecular formula is C18H27N3O3. The summed E-state index contributed by atoms with van der Waals surface area (Å²) in [4.78, 5) is 16.1. The van der Waals surface area contributed by atoms with Gasteiger partial charge < -0.3 is 25.4 Å². The van der Waals surface area contributed by atoms with E-state index in [1.54, 1.807) is 17.0 Å². The Balaban J connectivity index is 1.53. The molecule has 2 fully saturated rings.